The van der Waals surface area contributed by atoms with E-state index in [0.29, 0.717) is 17.0 Å². The number of ether oxygens (including phenoxy) is 2. The summed E-state index contributed by atoms with van der Waals surface area (Å²) >= 11 is 0. The van der Waals surface area contributed by atoms with Crippen LogP contribution in [0.1, 0.15) is 47.8 Å². The van der Waals surface area contributed by atoms with E-state index in [2.05, 4.69) is 4.98 Å². The van der Waals surface area contributed by atoms with Gasteiger partial charge in [0.05, 0.1) is 12.5 Å². The minimum absolute atomic E-state index is 0.0438. The minimum atomic E-state index is 0.0438. The molecule has 2 fully saturated rings. The van der Waals surface area contributed by atoms with Gasteiger partial charge in [0.1, 0.15) is 29.4 Å². The van der Waals surface area contributed by atoms with Gasteiger partial charge in [0, 0.05) is 11.6 Å². The van der Waals surface area contributed by atoms with Gasteiger partial charge in [-0.15, -0.1) is 0 Å². The second-order valence-corrected chi connectivity index (χ2v) is 7.47. The first-order valence-corrected chi connectivity index (χ1v) is 9.54. The number of aldehydes is 1. The van der Waals surface area contributed by atoms with E-state index in [0.717, 1.165) is 48.7 Å². The number of hydrogen-bond donors (Lipinski definition) is 0. The van der Waals surface area contributed by atoms with Crippen molar-refractivity contribution >= 4 is 17.4 Å². The largest absolute Gasteiger partial charge is 0.493 e. The van der Waals surface area contributed by atoms with Gasteiger partial charge in [-0.05, 0) is 61.9 Å². The smallest absolute Gasteiger partial charge is 0.202 e. The third-order valence-electron chi connectivity index (χ3n) is 5.37. The summed E-state index contributed by atoms with van der Waals surface area (Å²) in [6, 6.07) is 13.2. The molecule has 0 N–H and O–H groups in total. The number of rotatable bonds is 7. The summed E-state index contributed by atoms with van der Waals surface area (Å²) in [4.78, 5) is 15.5. The zero-order valence-corrected chi connectivity index (χ0v) is 15.0. The van der Waals surface area contributed by atoms with Crippen LogP contribution in [0.4, 0.5) is 0 Å². The summed E-state index contributed by atoms with van der Waals surface area (Å²) in [6.45, 7) is 0.793. The lowest BCUT2D eigenvalue weighted by molar-refractivity contribution is 0.0769. The van der Waals surface area contributed by atoms with E-state index in [1.807, 2.05) is 30.3 Å². The quantitative estimate of drug-likeness (QED) is 0.567. The molecular formula is C22H21NO4. The maximum absolute atomic E-state index is 10.9. The van der Waals surface area contributed by atoms with Crippen molar-refractivity contribution in [1.29, 1.82) is 0 Å². The molecule has 0 aliphatic heterocycles. The molecule has 2 aliphatic carbocycles. The molecule has 0 amide bonds. The summed E-state index contributed by atoms with van der Waals surface area (Å²) in [5, 5.41) is 0. The number of carbonyl (C=O) groups excluding carboxylic acids is 1. The third-order valence-corrected chi connectivity index (χ3v) is 5.37. The Hall–Kier alpha value is -2.82. The first-order valence-electron chi connectivity index (χ1n) is 9.54. The van der Waals surface area contributed by atoms with Gasteiger partial charge in [-0.1, -0.05) is 6.07 Å². The molecule has 0 unspecified atom stereocenters. The van der Waals surface area contributed by atoms with E-state index < -0.39 is 0 Å². The van der Waals surface area contributed by atoms with Crippen molar-refractivity contribution in [2.75, 3.05) is 6.61 Å². The van der Waals surface area contributed by atoms with Crippen LogP contribution in [0.3, 0.4) is 0 Å². The zero-order chi connectivity index (χ0) is 18.2. The highest BCUT2D eigenvalue weighted by Gasteiger charge is 2.38. The Kier molecular flexibility index (Phi) is 4.07. The van der Waals surface area contributed by atoms with Gasteiger partial charge in [0.2, 0.25) is 5.89 Å². The van der Waals surface area contributed by atoms with Crippen LogP contribution in [-0.4, -0.2) is 24.0 Å². The highest BCUT2D eigenvalue weighted by atomic mass is 16.5. The van der Waals surface area contributed by atoms with E-state index >= 15 is 0 Å². The Bertz CT molecular complexity index is 975. The van der Waals surface area contributed by atoms with Crippen molar-refractivity contribution in [1.82, 2.24) is 4.98 Å². The Balaban J connectivity index is 1.29. The molecule has 0 radical (unpaired) electrons. The summed E-state index contributed by atoms with van der Waals surface area (Å²) in [7, 11) is 0. The zero-order valence-electron chi connectivity index (χ0n) is 15.0. The van der Waals surface area contributed by atoms with E-state index in [1.54, 1.807) is 12.1 Å². The first kappa shape index (κ1) is 16.4. The normalized spacial score (nSPS) is 21.6. The maximum Gasteiger partial charge on any atom is 0.202 e. The highest BCUT2D eigenvalue weighted by molar-refractivity contribution is 5.83. The molecule has 2 aliphatic rings. The Morgan fingerprint density at radius 3 is 2.74 bits per heavy atom. The lowest BCUT2D eigenvalue weighted by Crippen LogP contribution is -2.34. The van der Waals surface area contributed by atoms with Crippen LogP contribution in [0.2, 0.25) is 0 Å². The van der Waals surface area contributed by atoms with Crippen molar-refractivity contribution in [3.05, 3.63) is 53.9 Å². The molecule has 3 aromatic rings. The van der Waals surface area contributed by atoms with Gasteiger partial charge in [0.15, 0.2) is 5.58 Å². The van der Waals surface area contributed by atoms with Crippen molar-refractivity contribution in [3.63, 3.8) is 0 Å². The van der Waals surface area contributed by atoms with Crippen molar-refractivity contribution in [2.24, 2.45) is 5.92 Å². The molecule has 5 nitrogen and oxygen atoms in total. The third kappa shape index (κ3) is 3.42. The van der Waals surface area contributed by atoms with Crippen LogP contribution in [0.5, 0.6) is 11.5 Å². The van der Waals surface area contributed by atoms with Crippen LogP contribution < -0.4 is 9.47 Å². The lowest BCUT2D eigenvalue weighted by Gasteiger charge is -2.34. The summed E-state index contributed by atoms with van der Waals surface area (Å²) in [5.41, 5.74) is 2.02. The van der Waals surface area contributed by atoms with Crippen molar-refractivity contribution in [3.8, 4) is 11.5 Å². The Morgan fingerprint density at radius 2 is 1.96 bits per heavy atom. The molecule has 5 heteroatoms. The van der Waals surface area contributed by atoms with Gasteiger partial charge in [0.25, 0.3) is 0 Å². The number of fused-ring (bicyclic) bond motifs is 1. The monoisotopic (exact) mass is 363 g/mol. The van der Waals surface area contributed by atoms with Crippen LogP contribution in [-0.2, 0) is 0 Å². The first-order chi connectivity index (χ1) is 13.3. The summed E-state index contributed by atoms with van der Waals surface area (Å²) in [6.07, 6.45) is 5.36. The number of benzene rings is 2. The molecule has 2 aromatic carbocycles. The fraction of sp³-hybridized carbons (Fsp3) is 0.364. The molecule has 138 valence electrons. The van der Waals surface area contributed by atoms with Crippen molar-refractivity contribution < 1.29 is 18.7 Å². The van der Waals surface area contributed by atoms with E-state index in [1.165, 1.54) is 12.8 Å². The summed E-state index contributed by atoms with van der Waals surface area (Å²) in [5.74, 6) is 3.22. The fourth-order valence-electron chi connectivity index (χ4n) is 3.39. The lowest BCUT2D eigenvalue weighted by atomic mass is 9.81. The van der Waals surface area contributed by atoms with Crippen LogP contribution in [0, 0.1) is 5.92 Å². The van der Waals surface area contributed by atoms with E-state index in [4.69, 9.17) is 13.9 Å². The highest BCUT2D eigenvalue weighted by Crippen LogP contribution is 2.40. The Morgan fingerprint density at radius 1 is 1.07 bits per heavy atom. The second-order valence-electron chi connectivity index (χ2n) is 7.47. The maximum atomic E-state index is 10.9. The number of hydrogen-bond acceptors (Lipinski definition) is 5. The van der Waals surface area contributed by atoms with Gasteiger partial charge in [-0.2, -0.15) is 0 Å². The molecule has 0 saturated heterocycles. The number of nitrogens with zero attached hydrogens (tertiary/aromatic N) is 1. The van der Waals surface area contributed by atoms with E-state index in [9.17, 15) is 4.79 Å². The molecule has 0 spiro atoms. The predicted octanol–water partition coefficient (Wildman–Crippen LogP) is 4.75. The SMILES string of the molecule is O=Cc1ccc2nc([C@@H]3CC[C@@H]3Oc3cccc(OCC4CC4)c3)oc2c1. The van der Waals surface area contributed by atoms with Crippen molar-refractivity contribution in [2.45, 2.75) is 37.7 Å². The van der Waals surface area contributed by atoms with Gasteiger partial charge in [-0.25, -0.2) is 4.98 Å². The molecule has 2 atom stereocenters. The minimum Gasteiger partial charge on any atom is -0.493 e. The molecule has 1 aromatic heterocycles. The van der Waals surface area contributed by atoms with Gasteiger partial charge < -0.3 is 13.9 Å². The standard InChI is InChI=1S/C22H21NO4/c24-12-15-6-8-19-21(10-15)27-22(23-19)18-7-9-20(18)26-17-3-1-2-16(11-17)25-13-14-4-5-14/h1-3,6,8,10-12,14,18,20H,4-5,7,9,13H2/t18-,20+/m1/s1. The number of aromatic nitrogens is 1. The predicted molar refractivity (Wildman–Crippen MR) is 100 cm³/mol. The molecule has 1 heterocycles. The number of carbonyl (C=O) groups is 1. The molecule has 0 bridgehead atoms. The van der Waals surface area contributed by atoms with Crippen LogP contribution >= 0.6 is 0 Å². The average molecular weight is 363 g/mol. The molecule has 5 rings (SSSR count). The topological polar surface area (TPSA) is 61.6 Å². The van der Waals surface area contributed by atoms with Gasteiger partial charge >= 0.3 is 0 Å². The van der Waals surface area contributed by atoms with Crippen LogP contribution in [0.25, 0.3) is 11.1 Å². The Labute approximate surface area is 157 Å². The summed E-state index contributed by atoms with van der Waals surface area (Å²) < 4.78 is 17.9. The van der Waals surface area contributed by atoms with Crippen LogP contribution in [0.15, 0.2) is 46.9 Å². The van der Waals surface area contributed by atoms with E-state index in [-0.39, 0.29) is 12.0 Å². The fourth-order valence-corrected chi connectivity index (χ4v) is 3.39. The molecular weight excluding hydrogens is 342 g/mol. The second kappa shape index (κ2) is 6.72. The number of oxazole rings is 1. The molecule has 2 saturated carbocycles. The molecule has 27 heavy (non-hydrogen) atoms. The van der Waals surface area contributed by atoms with Gasteiger partial charge in [-0.3, -0.25) is 4.79 Å². The average Bonchev–Trinajstić information content (AvgIpc) is 3.42.